The van der Waals surface area contributed by atoms with E-state index in [4.69, 9.17) is 0 Å². The Kier molecular flexibility index (Phi) is 2.90. The van der Waals surface area contributed by atoms with Crippen molar-refractivity contribution in [1.82, 2.24) is 9.78 Å². The van der Waals surface area contributed by atoms with Crippen LogP contribution in [0.4, 0.5) is 5.82 Å². The number of benzene rings is 1. The zero-order valence-corrected chi connectivity index (χ0v) is 12.2. The number of fused-ring (bicyclic) bond motifs is 1. The van der Waals surface area contributed by atoms with Crippen LogP contribution < -0.4 is 5.32 Å². The first-order valence-corrected chi connectivity index (χ1v) is 7.00. The molecule has 0 bridgehead atoms. The topological polar surface area (TPSA) is 29.9 Å². The van der Waals surface area contributed by atoms with E-state index in [1.54, 1.807) is 0 Å². The van der Waals surface area contributed by atoms with Crippen LogP contribution in [-0.2, 0) is 0 Å². The summed E-state index contributed by atoms with van der Waals surface area (Å²) in [4.78, 5) is 0. The number of aromatic nitrogens is 2. The van der Waals surface area contributed by atoms with Gasteiger partial charge in [-0.1, -0.05) is 18.2 Å². The largest absolute Gasteiger partial charge is 0.369 e. The predicted octanol–water partition coefficient (Wildman–Crippen LogP) is 3.67. The number of rotatable bonds is 1. The summed E-state index contributed by atoms with van der Waals surface area (Å²) in [7, 11) is 0. The lowest BCUT2D eigenvalue weighted by Gasteiger charge is -2.26. The minimum Gasteiger partial charge on any atom is -0.369 e. The van der Waals surface area contributed by atoms with Gasteiger partial charge >= 0.3 is 0 Å². The van der Waals surface area contributed by atoms with Crippen LogP contribution in [0, 0.1) is 13.8 Å². The number of nitrogens with zero attached hydrogens (tertiary/aromatic N) is 2. The first-order chi connectivity index (χ1) is 8.66. The van der Waals surface area contributed by atoms with E-state index in [-0.39, 0.29) is 0 Å². The summed E-state index contributed by atoms with van der Waals surface area (Å²) in [6, 6.07) is 7.04. The summed E-state index contributed by atoms with van der Waals surface area (Å²) in [5, 5.41) is 7.86. The maximum atomic E-state index is 4.47. The highest BCUT2D eigenvalue weighted by atomic mass is 79.9. The lowest BCUT2D eigenvalue weighted by molar-refractivity contribution is 0.481. The van der Waals surface area contributed by atoms with Gasteiger partial charge in [0, 0.05) is 6.54 Å². The first-order valence-electron chi connectivity index (χ1n) is 6.21. The molecule has 0 aliphatic carbocycles. The molecule has 4 heteroatoms. The van der Waals surface area contributed by atoms with Gasteiger partial charge in [-0.2, -0.15) is 5.10 Å². The third kappa shape index (κ3) is 1.85. The van der Waals surface area contributed by atoms with Gasteiger partial charge in [-0.25, -0.2) is 4.68 Å². The highest BCUT2D eigenvalue weighted by molar-refractivity contribution is 9.10. The standard InChI is InChI=1S/C14H16BrN3/c1-9-3-4-11(7-10(9)2)13-5-6-16-14-12(15)8-17-18(13)14/h3-4,7-8,13,16H,5-6H2,1-2H3. The van der Waals surface area contributed by atoms with E-state index >= 15 is 0 Å². The Morgan fingerprint density at radius 2 is 2.17 bits per heavy atom. The Morgan fingerprint density at radius 3 is 2.94 bits per heavy atom. The second-order valence-corrected chi connectivity index (χ2v) is 5.71. The third-order valence-corrected chi connectivity index (χ3v) is 4.25. The zero-order valence-electron chi connectivity index (χ0n) is 10.6. The van der Waals surface area contributed by atoms with Crippen molar-refractivity contribution in [3.63, 3.8) is 0 Å². The molecule has 1 N–H and O–H groups in total. The normalized spacial score (nSPS) is 18.3. The smallest absolute Gasteiger partial charge is 0.139 e. The molecule has 1 atom stereocenters. The summed E-state index contributed by atoms with van der Waals surface area (Å²) >= 11 is 3.53. The second-order valence-electron chi connectivity index (χ2n) is 4.86. The number of halogens is 1. The van der Waals surface area contributed by atoms with Crippen LogP contribution in [-0.4, -0.2) is 16.3 Å². The average Bonchev–Trinajstić information content (AvgIpc) is 2.75. The molecule has 3 nitrogen and oxygen atoms in total. The summed E-state index contributed by atoms with van der Waals surface area (Å²) in [6.45, 7) is 5.30. The van der Waals surface area contributed by atoms with Crippen LogP contribution in [0.25, 0.3) is 0 Å². The van der Waals surface area contributed by atoms with E-state index in [1.807, 2.05) is 6.20 Å². The van der Waals surface area contributed by atoms with Crippen molar-refractivity contribution in [2.24, 2.45) is 0 Å². The molecule has 2 heterocycles. The van der Waals surface area contributed by atoms with E-state index < -0.39 is 0 Å². The fourth-order valence-corrected chi connectivity index (χ4v) is 2.89. The number of hydrogen-bond donors (Lipinski definition) is 1. The fraction of sp³-hybridized carbons (Fsp3) is 0.357. The average molecular weight is 306 g/mol. The molecule has 1 unspecified atom stereocenters. The molecule has 2 aromatic rings. The Morgan fingerprint density at radius 1 is 1.33 bits per heavy atom. The highest BCUT2D eigenvalue weighted by Gasteiger charge is 2.23. The fourth-order valence-electron chi connectivity index (χ4n) is 2.47. The van der Waals surface area contributed by atoms with E-state index in [9.17, 15) is 0 Å². The van der Waals surface area contributed by atoms with Gasteiger partial charge < -0.3 is 5.32 Å². The Labute approximate surface area is 115 Å². The monoisotopic (exact) mass is 305 g/mol. The molecule has 1 aliphatic rings. The van der Waals surface area contributed by atoms with Crippen molar-refractivity contribution in [3.8, 4) is 0 Å². The molecule has 94 valence electrons. The van der Waals surface area contributed by atoms with E-state index in [1.165, 1.54) is 16.7 Å². The Bertz CT molecular complexity index is 589. The van der Waals surface area contributed by atoms with E-state index in [0.29, 0.717) is 6.04 Å². The van der Waals surface area contributed by atoms with Crippen LogP contribution in [0.3, 0.4) is 0 Å². The molecule has 3 rings (SSSR count). The molecule has 0 fully saturated rings. The highest BCUT2D eigenvalue weighted by Crippen LogP contribution is 2.34. The number of nitrogens with one attached hydrogen (secondary N) is 1. The molecule has 0 spiro atoms. The number of anilines is 1. The molecule has 0 saturated carbocycles. The van der Waals surface area contributed by atoms with Gasteiger partial charge in [0.05, 0.1) is 16.7 Å². The Hall–Kier alpha value is -1.29. The third-order valence-electron chi connectivity index (χ3n) is 3.67. The van der Waals surface area contributed by atoms with Gasteiger partial charge in [0.25, 0.3) is 0 Å². The van der Waals surface area contributed by atoms with Gasteiger partial charge in [-0.3, -0.25) is 0 Å². The van der Waals surface area contributed by atoms with Crippen molar-refractivity contribution in [3.05, 3.63) is 45.6 Å². The SMILES string of the molecule is Cc1ccc(C2CCNc3c(Br)cnn32)cc1C. The van der Waals surface area contributed by atoms with Crippen LogP contribution in [0.5, 0.6) is 0 Å². The quantitative estimate of drug-likeness (QED) is 0.871. The minimum atomic E-state index is 0.340. The van der Waals surface area contributed by atoms with Crippen LogP contribution in [0.2, 0.25) is 0 Å². The zero-order chi connectivity index (χ0) is 12.7. The predicted molar refractivity (Wildman–Crippen MR) is 77.1 cm³/mol. The summed E-state index contributed by atoms with van der Waals surface area (Å²) in [5.41, 5.74) is 4.03. The molecular formula is C14H16BrN3. The van der Waals surface area contributed by atoms with Crippen LogP contribution >= 0.6 is 15.9 Å². The van der Waals surface area contributed by atoms with E-state index in [2.05, 4.69) is 63.1 Å². The summed E-state index contributed by atoms with van der Waals surface area (Å²) in [6.07, 6.45) is 2.94. The van der Waals surface area contributed by atoms with Crippen molar-refractivity contribution in [2.75, 3.05) is 11.9 Å². The number of aryl methyl sites for hydroxylation is 2. The van der Waals surface area contributed by atoms with Gasteiger partial charge in [0.15, 0.2) is 0 Å². The molecular weight excluding hydrogens is 290 g/mol. The van der Waals surface area contributed by atoms with Crippen molar-refractivity contribution < 1.29 is 0 Å². The van der Waals surface area contributed by atoms with Crippen molar-refractivity contribution in [1.29, 1.82) is 0 Å². The lowest BCUT2D eigenvalue weighted by Crippen LogP contribution is -2.24. The molecule has 0 amide bonds. The molecule has 0 radical (unpaired) electrons. The van der Waals surface area contributed by atoms with Gasteiger partial charge in [-0.05, 0) is 52.9 Å². The second kappa shape index (κ2) is 4.43. The van der Waals surface area contributed by atoms with Gasteiger partial charge in [0.1, 0.15) is 5.82 Å². The molecule has 0 saturated heterocycles. The lowest BCUT2D eigenvalue weighted by atomic mass is 9.98. The molecule has 18 heavy (non-hydrogen) atoms. The van der Waals surface area contributed by atoms with E-state index in [0.717, 1.165) is 23.3 Å². The minimum absolute atomic E-state index is 0.340. The summed E-state index contributed by atoms with van der Waals surface area (Å²) < 4.78 is 3.12. The molecule has 1 aliphatic heterocycles. The Balaban J connectivity index is 2.05. The molecule has 1 aromatic carbocycles. The van der Waals surface area contributed by atoms with Crippen LogP contribution in [0.15, 0.2) is 28.9 Å². The van der Waals surface area contributed by atoms with Gasteiger partial charge in [0.2, 0.25) is 0 Å². The molecule has 1 aromatic heterocycles. The van der Waals surface area contributed by atoms with Gasteiger partial charge in [-0.15, -0.1) is 0 Å². The van der Waals surface area contributed by atoms with Crippen LogP contribution in [0.1, 0.15) is 29.2 Å². The number of hydrogen-bond acceptors (Lipinski definition) is 2. The maximum absolute atomic E-state index is 4.47. The summed E-state index contributed by atoms with van der Waals surface area (Å²) in [5.74, 6) is 1.09. The maximum Gasteiger partial charge on any atom is 0.139 e. The van der Waals surface area contributed by atoms with Crippen molar-refractivity contribution in [2.45, 2.75) is 26.3 Å². The first kappa shape index (κ1) is 11.8. The van der Waals surface area contributed by atoms with Crippen molar-refractivity contribution >= 4 is 21.7 Å².